The number of rotatable bonds is 5. The quantitative estimate of drug-likeness (QED) is 0.623. The minimum Gasteiger partial charge on any atom is -0.389 e. The van der Waals surface area contributed by atoms with E-state index in [1.807, 2.05) is 0 Å². The van der Waals surface area contributed by atoms with Gasteiger partial charge in [0.05, 0.1) is 0 Å². The lowest BCUT2D eigenvalue weighted by Gasteiger charge is -2.30. The maximum Gasteiger partial charge on any atom is 0.107 e. The van der Waals surface area contributed by atoms with E-state index in [0.29, 0.717) is 11.0 Å². The van der Waals surface area contributed by atoms with Crippen LogP contribution in [0, 0.1) is 5.92 Å². The molecule has 2 rings (SSSR count). The molecule has 20 heavy (non-hydrogen) atoms. The van der Waals surface area contributed by atoms with Crippen LogP contribution in [0.1, 0.15) is 44.6 Å². The number of hydrogen-bond acceptors (Lipinski definition) is 3. The van der Waals surface area contributed by atoms with Crippen LogP contribution in [0.3, 0.4) is 0 Å². The van der Waals surface area contributed by atoms with Crippen molar-refractivity contribution < 1.29 is 0 Å². The largest absolute Gasteiger partial charge is 0.389 e. The fraction of sp³-hybridized carbons (Fsp3) is 0.562. The van der Waals surface area contributed by atoms with Gasteiger partial charge in [0.25, 0.3) is 0 Å². The molecule has 0 unspecified atom stereocenters. The Morgan fingerprint density at radius 1 is 1.35 bits per heavy atom. The lowest BCUT2D eigenvalue weighted by molar-refractivity contribution is 0.330. The van der Waals surface area contributed by atoms with Crippen LogP contribution >= 0.6 is 24.0 Å². The maximum absolute atomic E-state index is 5.92. The van der Waals surface area contributed by atoms with Crippen molar-refractivity contribution in [3.05, 3.63) is 23.8 Å². The van der Waals surface area contributed by atoms with Gasteiger partial charge < -0.3 is 11.1 Å². The number of benzene rings is 1. The topological polar surface area (TPSA) is 38.0 Å². The van der Waals surface area contributed by atoms with Gasteiger partial charge in [-0.25, -0.2) is 0 Å². The molecule has 0 radical (unpaired) electrons. The summed E-state index contributed by atoms with van der Waals surface area (Å²) in [6, 6.07) is 6.81. The molecular formula is C16H24N2S2. The molecule has 0 saturated heterocycles. The van der Waals surface area contributed by atoms with Crippen molar-refractivity contribution in [3.8, 4) is 0 Å². The molecule has 0 aromatic heterocycles. The van der Waals surface area contributed by atoms with Crippen molar-refractivity contribution in [2.75, 3.05) is 11.6 Å². The molecule has 1 saturated carbocycles. The Kier molecular flexibility index (Phi) is 5.73. The zero-order chi connectivity index (χ0) is 14.5. The summed E-state index contributed by atoms with van der Waals surface area (Å²) < 4.78 is 0. The molecule has 1 aromatic rings. The third-order valence-electron chi connectivity index (χ3n) is 4.28. The average molecular weight is 309 g/mol. The summed E-state index contributed by atoms with van der Waals surface area (Å²) in [4.78, 5) is 1.64. The molecule has 0 amide bonds. The Hall–Kier alpha value is -0.740. The molecule has 1 aliphatic carbocycles. The summed E-state index contributed by atoms with van der Waals surface area (Å²) in [6.07, 6.45) is 8.54. The summed E-state index contributed by atoms with van der Waals surface area (Å²) in [7, 11) is 0. The number of thiocarbonyl (C=S) groups is 1. The van der Waals surface area contributed by atoms with Crippen molar-refractivity contribution >= 4 is 34.7 Å². The van der Waals surface area contributed by atoms with Crippen LogP contribution in [0.4, 0.5) is 5.69 Å². The fourth-order valence-corrected chi connectivity index (χ4v) is 3.93. The second-order valence-corrected chi connectivity index (χ2v) is 6.81. The summed E-state index contributed by atoms with van der Waals surface area (Å²) in [5.74, 6) is 0.917. The van der Waals surface area contributed by atoms with Crippen LogP contribution in [0.15, 0.2) is 23.1 Å². The monoisotopic (exact) mass is 308 g/mol. The molecule has 1 aromatic carbocycles. The second-order valence-electron chi connectivity index (χ2n) is 5.52. The summed E-state index contributed by atoms with van der Waals surface area (Å²) in [5.41, 5.74) is 8.03. The minimum absolute atomic E-state index is 0.486. The van der Waals surface area contributed by atoms with Gasteiger partial charge in [0, 0.05) is 22.2 Å². The normalized spacial score (nSPS) is 22.5. The molecule has 0 bridgehead atoms. The highest BCUT2D eigenvalue weighted by atomic mass is 32.2. The van der Waals surface area contributed by atoms with Crippen molar-refractivity contribution in [2.24, 2.45) is 11.7 Å². The molecule has 1 fully saturated rings. The highest BCUT2D eigenvalue weighted by Gasteiger charge is 2.21. The number of nitrogens with one attached hydrogen (secondary N) is 1. The van der Waals surface area contributed by atoms with E-state index in [4.69, 9.17) is 18.0 Å². The first kappa shape index (κ1) is 15.6. The molecule has 0 atom stereocenters. The third-order valence-corrected chi connectivity index (χ3v) is 5.26. The van der Waals surface area contributed by atoms with Crippen molar-refractivity contribution in [1.82, 2.24) is 0 Å². The predicted octanol–water partition coefficient (Wildman–Crippen LogP) is 4.42. The Morgan fingerprint density at radius 3 is 2.60 bits per heavy atom. The van der Waals surface area contributed by atoms with Crippen molar-refractivity contribution in [2.45, 2.75) is 50.0 Å². The highest BCUT2D eigenvalue weighted by molar-refractivity contribution is 7.98. The first-order valence-electron chi connectivity index (χ1n) is 7.39. The van der Waals surface area contributed by atoms with Gasteiger partial charge in [-0.15, -0.1) is 11.8 Å². The van der Waals surface area contributed by atoms with Crippen molar-refractivity contribution in [3.63, 3.8) is 0 Å². The predicted molar refractivity (Wildman–Crippen MR) is 93.8 cm³/mol. The van der Waals surface area contributed by atoms with Crippen LogP contribution in [0.25, 0.3) is 0 Å². The van der Waals surface area contributed by atoms with E-state index < -0.39 is 0 Å². The zero-order valence-corrected chi connectivity index (χ0v) is 13.9. The summed E-state index contributed by atoms with van der Waals surface area (Å²) >= 11 is 6.93. The van der Waals surface area contributed by atoms with E-state index in [0.717, 1.165) is 22.1 Å². The second kappa shape index (κ2) is 7.32. The van der Waals surface area contributed by atoms with Gasteiger partial charge in [-0.2, -0.15) is 0 Å². The van der Waals surface area contributed by atoms with Crippen LogP contribution in [-0.4, -0.2) is 17.3 Å². The number of hydrogen-bond donors (Lipinski definition) is 2. The van der Waals surface area contributed by atoms with E-state index in [9.17, 15) is 0 Å². The van der Waals surface area contributed by atoms with Crippen LogP contribution in [-0.2, 0) is 0 Å². The van der Waals surface area contributed by atoms with Gasteiger partial charge in [0.1, 0.15) is 4.99 Å². The molecule has 110 valence electrons. The average Bonchev–Trinajstić information content (AvgIpc) is 2.47. The van der Waals surface area contributed by atoms with E-state index in [-0.39, 0.29) is 0 Å². The van der Waals surface area contributed by atoms with Gasteiger partial charge in [-0.3, -0.25) is 0 Å². The Bertz CT molecular complexity index is 466. The molecule has 4 heteroatoms. The molecule has 0 aliphatic heterocycles. The molecule has 0 spiro atoms. The third kappa shape index (κ3) is 3.67. The number of anilines is 1. The SMILES string of the molecule is CCC1CCC(Nc2cccc(SC)c2C(N)=S)CC1. The summed E-state index contributed by atoms with van der Waals surface area (Å²) in [5, 5.41) is 3.67. The smallest absolute Gasteiger partial charge is 0.107 e. The zero-order valence-electron chi connectivity index (χ0n) is 12.3. The standard InChI is InChI=1S/C16H24N2S2/c1-3-11-7-9-12(10-8-11)18-13-5-4-6-14(20-2)15(13)16(17)19/h4-6,11-12,18H,3,7-10H2,1-2H3,(H2,17,19). The first-order chi connectivity index (χ1) is 9.65. The number of nitrogens with two attached hydrogens (primary N) is 1. The Balaban J connectivity index is 2.12. The van der Waals surface area contributed by atoms with Crippen LogP contribution in [0.2, 0.25) is 0 Å². The molecular weight excluding hydrogens is 284 g/mol. The lowest BCUT2D eigenvalue weighted by atomic mass is 9.84. The fourth-order valence-electron chi connectivity index (χ4n) is 3.01. The summed E-state index contributed by atoms with van der Waals surface area (Å²) in [6.45, 7) is 2.30. The van der Waals surface area contributed by atoms with Crippen molar-refractivity contribution in [1.29, 1.82) is 0 Å². The van der Waals surface area contributed by atoms with Gasteiger partial charge in [0.2, 0.25) is 0 Å². The van der Waals surface area contributed by atoms with E-state index >= 15 is 0 Å². The maximum atomic E-state index is 5.92. The number of thioether (sulfide) groups is 1. The van der Waals surface area contributed by atoms with Gasteiger partial charge in [0.15, 0.2) is 0 Å². The first-order valence-corrected chi connectivity index (χ1v) is 9.02. The minimum atomic E-state index is 0.486. The van der Waals surface area contributed by atoms with E-state index in [2.05, 4.69) is 36.7 Å². The molecule has 2 nitrogen and oxygen atoms in total. The van der Waals surface area contributed by atoms with Crippen LogP contribution in [0.5, 0.6) is 0 Å². The lowest BCUT2D eigenvalue weighted by Crippen LogP contribution is -2.27. The Labute approximate surface area is 131 Å². The van der Waals surface area contributed by atoms with Crippen LogP contribution < -0.4 is 11.1 Å². The molecule has 0 heterocycles. The van der Waals surface area contributed by atoms with E-state index in [1.54, 1.807) is 11.8 Å². The molecule has 1 aliphatic rings. The van der Waals surface area contributed by atoms with E-state index in [1.165, 1.54) is 32.1 Å². The highest BCUT2D eigenvalue weighted by Crippen LogP contribution is 2.32. The van der Waals surface area contributed by atoms with Gasteiger partial charge >= 0.3 is 0 Å². The van der Waals surface area contributed by atoms with Gasteiger partial charge in [-0.1, -0.05) is 31.6 Å². The van der Waals surface area contributed by atoms with Gasteiger partial charge in [-0.05, 0) is 50.0 Å². The molecule has 3 N–H and O–H groups in total. The Morgan fingerprint density at radius 2 is 2.05 bits per heavy atom.